The second-order valence-electron chi connectivity index (χ2n) is 6.84. The van der Waals surface area contributed by atoms with Crippen molar-refractivity contribution in [2.45, 2.75) is 58.6 Å². The van der Waals surface area contributed by atoms with Crippen LogP contribution in [0.3, 0.4) is 0 Å². The molecule has 0 amide bonds. The minimum atomic E-state index is -0.146. The van der Waals surface area contributed by atoms with Gasteiger partial charge in [0.2, 0.25) is 0 Å². The van der Waals surface area contributed by atoms with Gasteiger partial charge >= 0.3 is 0 Å². The molecule has 1 aliphatic carbocycles. The smallest absolute Gasteiger partial charge is 0.0552 e. The number of rotatable bonds is 7. The van der Waals surface area contributed by atoms with Crippen molar-refractivity contribution in [1.82, 2.24) is 10.2 Å². The van der Waals surface area contributed by atoms with E-state index in [0.717, 1.165) is 32.1 Å². The first kappa shape index (κ1) is 14.3. The molecule has 1 saturated carbocycles. The van der Waals surface area contributed by atoms with Crippen molar-refractivity contribution in [3.05, 3.63) is 0 Å². The van der Waals surface area contributed by atoms with Crippen LogP contribution in [0.2, 0.25) is 0 Å². The summed E-state index contributed by atoms with van der Waals surface area (Å²) in [5, 5.41) is 13.4. The fraction of sp³-hybridized carbons (Fsp3) is 1.00. The Labute approximate surface area is 112 Å². The second kappa shape index (κ2) is 5.89. The van der Waals surface area contributed by atoms with Gasteiger partial charge in [-0.2, -0.15) is 0 Å². The van der Waals surface area contributed by atoms with Crippen LogP contribution in [0.5, 0.6) is 0 Å². The van der Waals surface area contributed by atoms with E-state index in [2.05, 4.69) is 24.1 Å². The Bertz CT molecular complexity index is 265. The second-order valence-corrected chi connectivity index (χ2v) is 6.84. The van der Waals surface area contributed by atoms with Crippen molar-refractivity contribution in [2.75, 3.05) is 26.2 Å². The van der Waals surface area contributed by atoms with E-state index in [1.54, 1.807) is 0 Å². The number of nitrogens with one attached hydrogen (secondary N) is 1. The Morgan fingerprint density at radius 2 is 2.11 bits per heavy atom. The predicted octanol–water partition coefficient (Wildman–Crippen LogP) is 1.86. The maximum Gasteiger partial charge on any atom is 0.0552 e. The van der Waals surface area contributed by atoms with Crippen molar-refractivity contribution in [3.8, 4) is 0 Å². The van der Waals surface area contributed by atoms with Gasteiger partial charge in [0.15, 0.2) is 0 Å². The average Bonchev–Trinajstić information content (AvgIpc) is 3.06. The molecule has 0 radical (unpaired) electrons. The lowest BCUT2D eigenvalue weighted by Crippen LogP contribution is -2.42. The summed E-state index contributed by atoms with van der Waals surface area (Å²) < 4.78 is 0. The topological polar surface area (TPSA) is 35.5 Å². The van der Waals surface area contributed by atoms with Crippen LogP contribution in [0.25, 0.3) is 0 Å². The Balaban J connectivity index is 1.78. The van der Waals surface area contributed by atoms with Crippen molar-refractivity contribution < 1.29 is 5.11 Å². The fourth-order valence-corrected chi connectivity index (χ4v) is 2.91. The molecule has 2 N–H and O–H groups in total. The van der Waals surface area contributed by atoms with E-state index in [-0.39, 0.29) is 6.10 Å². The van der Waals surface area contributed by atoms with E-state index >= 15 is 0 Å². The monoisotopic (exact) mass is 254 g/mol. The Morgan fingerprint density at radius 3 is 2.61 bits per heavy atom. The average molecular weight is 254 g/mol. The van der Waals surface area contributed by atoms with E-state index in [0.29, 0.717) is 11.3 Å². The molecule has 1 saturated heterocycles. The number of likely N-dealkylation sites (tertiary alicyclic amines) is 1. The molecule has 0 spiro atoms. The quantitative estimate of drug-likeness (QED) is 0.728. The number of hydrogen-bond acceptors (Lipinski definition) is 3. The van der Waals surface area contributed by atoms with Crippen LogP contribution in [0, 0.1) is 11.3 Å². The van der Waals surface area contributed by atoms with Crippen molar-refractivity contribution in [3.63, 3.8) is 0 Å². The van der Waals surface area contributed by atoms with Crippen molar-refractivity contribution in [2.24, 2.45) is 11.3 Å². The summed E-state index contributed by atoms with van der Waals surface area (Å²) in [5.74, 6) is 0.488. The molecule has 106 valence electrons. The summed E-state index contributed by atoms with van der Waals surface area (Å²) in [5.41, 5.74) is 0.385. The van der Waals surface area contributed by atoms with Gasteiger partial charge in [-0.15, -0.1) is 0 Å². The molecule has 1 aliphatic heterocycles. The number of aliphatic hydroxyl groups excluding tert-OH is 1. The molecular weight excluding hydrogens is 224 g/mol. The van der Waals surface area contributed by atoms with E-state index in [1.165, 1.54) is 25.8 Å². The van der Waals surface area contributed by atoms with E-state index in [1.807, 2.05) is 6.92 Å². The highest BCUT2D eigenvalue weighted by atomic mass is 16.3. The number of aliphatic hydroxyl groups is 1. The largest absolute Gasteiger partial charge is 0.393 e. The molecule has 0 aromatic rings. The molecule has 0 bridgehead atoms. The Hall–Kier alpha value is -0.120. The minimum absolute atomic E-state index is 0.146. The van der Waals surface area contributed by atoms with Gasteiger partial charge in [0.25, 0.3) is 0 Å². The summed E-state index contributed by atoms with van der Waals surface area (Å²) in [6, 6.07) is 0.805. The summed E-state index contributed by atoms with van der Waals surface area (Å²) in [6.45, 7) is 11.2. The van der Waals surface area contributed by atoms with Gasteiger partial charge in [0.05, 0.1) is 6.10 Å². The molecular formula is C15H30N2O. The van der Waals surface area contributed by atoms with Crippen molar-refractivity contribution in [1.29, 1.82) is 0 Å². The standard InChI is InChI=1S/C15H30N2O/c1-4-15(3,10-16-14-5-6-14)11-17-8-7-13(9-17)12(2)18/h12-14,16,18H,4-11H2,1-3H3. The number of hydrogen-bond donors (Lipinski definition) is 2. The minimum Gasteiger partial charge on any atom is -0.393 e. The van der Waals surface area contributed by atoms with E-state index in [9.17, 15) is 5.11 Å². The lowest BCUT2D eigenvalue weighted by Gasteiger charge is -2.33. The highest BCUT2D eigenvalue weighted by Gasteiger charge is 2.33. The zero-order valence-corrected chi connectivity index (χ0v) is 12.3. The van der Waals surface area contributed by atoms with Crippen LogP contribution >= 0.6 is 0 Å². The molecule has 0 aromatic carbocycles. The SMILES string of the molecule is CCC(C)(CNC1CC1)CN1CCC(C(C)O)C1. The highest BCUT2D eigenvalue weighted by molar-refractivity contribution is 4.89. The molecule has 3 heteroatoms. The maximum atomic E-state index is 9.67. The van der Waals surface area contributed by atoms with Gasteiger partial charge in [-0.3, -0.25) is 0 Å². The van der Waals surface area contributed by atoms with Crippen LogP contribution < -0.4 is 5.32 Å². The van der Waals surface area contributed by atoms with Gasteiger partial charge in [0.1, 0.15) is 0 Å². The van der Waals surface area contributed by atoms with Gasteiger partial charge in [-0.25, -0.2) is 0 Å². The van der Waals surface area contributed by atoms with E-state index in [4.69, 9.17) is 0 Å². The molecule has 1 heterocycles. The Morgan fingerprint density at radius 1 is 1.39 bits per heavy atom. The van der Waals surface area contributed by atoms with Gasteiger partial charge in [0, 0.05) is 25.7 Å². The molecule has 3 atom stereocenters. The van der Waals surface area contributed by atoms with E-state index < -0.39 is 0 Å². The van der Waals surface area contributed by atoms with Crippen LogP contribution in [0.4, 0.5) is 0 Å². The van der Waals surface area contributed by atoms with Crippen molar-refractivity contribution >= 4 is 0 Å². The summed E-state index contributed by atoms with van der Waals surface area (Å²) in [4.78, 5) is 2.55. The Kier molecular flexibility index (Phi) is 4.68. The normalized spacial score (nSPS) is 30.3. The molecule has 3 nitrogen and oxygen atoms in total. The third-order valence-corrected chi connectivity index (χ3v) is 4.84. The van der Waals surface area contributed by atoms with Gasteiger partial charge in [-0.05, 0) is 50.5 Å². The third-order valence-electron chi connectivity index (χ3n) is 4.84. The first-order valence-corrected chi connectivity index (χ1v) is 7.66. The fourth-order valence-electron chi connectivity index (χ4n) is 2.91. The molecule has 18 heavy (non-hydrogen) atoms. The summed E-state index contributed by atoms with van der Waals surface area (Å²) in [7, 11) is 0. The van der Waals surface area contributed by atoms with Crippen LogP contribution in [0.1, 0.15) is 46.5 Å². The molecule has 2 aliphatic rings. The predicted molar refractivity (Wildman–Crippen MR) is 75.7 cm³/mol. The molecule has 2 fully saturated rings. The zero-order valence-electron chi connectivity index (χ0n) is 12.3. The lowest BCUT2D eigenvalue weighted by atomic mass is 9.86. The summed E-state index contributed by atoms with van der Waals surface area (Å²) in [6.07, 6.45) is 4.98. The third kappa shape index (κ3) is 3.94. The van der Waals surface area contributed by atoms with Crippen LogP contribution in [-0.4, -0.2) is 48.3 Å². The van der Waals surface area contributed by atoms with Gasteiger partial charge < -0.3 is 15.3 Å². The maximum absolute atomic E-state index is 9.67. The van der Waals surface area contributed by atoms with Crippen LogP contribution in [-0.2, 0) is 0 Å². The molecule has 2 rings (SSSR count). The zero-order chi connectivity index (χ0) is 13.2. The summed E-state index contributed by atoms with van der Waals surface area (Å²) >= 11 is 0. The van der Waals surface area contributed by atoms with Gasteiger partial charge in [-0.1, -0.05) is 13.8 Å². The molecule has 0 aromatic heterocycles. The lowest BCUT2D eigenvalue weighted by molar-refractivity contribution is 0.118. The molecule has 3 unspecified atom stereocenters. The first-order valence-electron chi connectivity index (χ1n) is 7.66. The highest BCUT2D eigenvalue weighted by Crippen LogP contribution is 2.28. The van der Waals surface area contributed by atoms with Crippen LogP contribution in [0.15, 0.2) is 0 Å². The number of nitrogens with zero attached hydrogens (tertiary/aromatic N) is 1. The first-order chi connectivity index (χ1) is 8.52.